The van der Waals surface area contributed by atoms with Crippen molar-refractivity contribution in [2.75, 3.05) is 10.6 Å². The Morgan fingerprint density at radius 2 is 1.95 bits per heavy atom. The average molecular weight is 323 g/mol. The number of nitrogens with one attached hydrogen (secondary N) is 2. The minimum Gasteiger partial charge on any atom is -0.366 e. The van der Waals surface area contributed by atoms with Gasteiger partial charge in [-0.2, -0.15) is 0 Å². The van der Waals surface area contributed by atoms with Crippen LogP contribution in [0.2, 0.25) is 10.0 Å². The molecule has 1 aromatic heterocycles. The van der Waals surface area contributed by atoms with Crippen molar-refractivity contribution in [2.45, 2.75) is 18.9 Å². The minimum atomic E-state index is -0.348. The number of nitrogens with zero attached hydrogens (tertiary/aromatic N) is 2. The molecule has 1 aliphatic carbocycles. The number of rotatable bonds is 4. The summed E-state index contributed by atoms with van der Waals surface area (Å²) >= 11 is 11.7. The van der Waals surface area contributed by atoms with Gasteiger partial charge in [-0.15, -0.1) is 0 Å². The molecule has 0 radical (unpaired) electrons. The normalized spacial score (nSPS) is 13.8. The lowest BCUT2D eigenvalue weighted by Gasteiger charge is -2.07. The molecular formula is C14H12Cl2N4O. The molecule has 2 N–H and O–H groups in total. The van der Waals surface area contributed by atoms with E-state index in [1.165, 1.54) is 6.20 Å². The highest BCUT2D eigenvalue weighted by atomic mass is 35.5. The van der Waals surface area contributed by atoms with Crippen LogP contribution in [0.25, 0.3) is 0 Å². The molecule has 1 fully saturated rings. The van der Waals surface area contributed by atoms with E-state index in [1.54, 1.807) is 24.4 Å². The molecule has 2 aromatic rings. The number of benzene rings is 1. The third-order valence-electron chi connectivity index (χ3n) is 2.99. The topological polar surface area (TPSA) is 66.9 Å². The Labute approximate surface area is 131 Å². The molecule has 0 aliphatic heterocycles. The van der Waals surface area contributed by atoms with Crippen molar-refractivity contribution in [3.8, 4) is 0 Å². The van der Waals surface area contributed by atoms with Crippen molar-refractivity contribution >= 4 is 40.6 Å². The largest absolute Gasteiger partial charge is 0.366 e. The molecule has 5 nitrogen and oxygen atoms in total. The number of amides is 1. The summed E-state index contributed by atoms with van der Waals surface area (Å²) in [6, 6.07) is 5.37. The first-order chi connectivity index (χ1) is 10.1. The summed E-state index contributed by atoms with van der Waals surface area (Å²) in [5.41, 5.74) is 0.791. The molecule has 108 valence electrons. The van der Waals surface area contributed by atoms with Crippen molar-refractivity contribution in [1.82, 2.24) is 9.97 Å². The number of aromatic nitrogens is 2. The summed E-state index contributed by atoms with van der Waals surface area (Å²) in [7, 11) is 0. The number of carbonyl (C=O) groups is 1. The van der Waals surface area contributed by atoms with E-state index in [0.29, 0.717) is 27.6 Å². The zero-order valence-electron chi connectivity index (χ0n) is 10.9. The maximum Gasteiger partial charge on any atom is 0.275 e. The van der Waals surface area contributed by atoms with Gasteiger partial charge in [-0.25, -0.2) is 9.97 Å². The van der Waals surface area contributed by atoms with Gasteiger partial charge in [0.05, 0.1) is 22.4 Å². The van der Waals surface area contributed by atoms with E-state index < -0.39 is 0 Å². The van der Waals surface area contributed by atoms with E-state index in [9.17, 15) is 4.79 Å². The lowest BCUT2D eigenvalue weighted by molar-refractivity contribution is 0.102. The maximum atomic E-state index is 12.0. The highest BCUT2D eigenvalue weighted by Gasteiger charge is 2.21. The molecule has 1 saturated carbocycles. The van der Waals surface area contributed by atoms with Gasteiger partial charge in [0.1, 0.15) is 11.5 Å². The summed E-state index contributed by atoms with van der Waals surface area (Å²) in [5.74, 6) is 0.336. The van der Waals surface area contributed by atoms with E-state index in [4.69, 9.17) is 23.2 Å². The Hall–Kier alpha value is -1.85. The summed E-state index contributed by atoms with van der Waals surface area (Å²) < 4.78 is 0. The Kier molecular flexibility index (Phi) is 3.94. The van der Waals surface area contributed by atoms with Crippen LogP contribution in [0.4, 0.5) is 11.5 Å². The van der Waals surface area contributed by atoms with Gasteiger partial charge < -0.3 is 10.6 Å². The van der Waals surface area contributed by atoms with Crippen LogP contribution in [0, 0.1) is 0 Å². The Balaban J connectivity index is 1.67. The van der Waals surface area contributed by atoms with E-state index >= 15 is 0 Å². The average Bonchev–Trinajstić information content (AvgIpc) is 3.28. The first-order valence-electron chi connectivity index (χ1n) is 6.47. The van der Waals surface area contributed by atoms with E-state index in [2.05, 4.69) is 20.6 Å². The summed E-state index contributed by atoms with van der Waals surface area (Å²) in [6.45, 7) is 0. The van der Waals surface area contributed by atoms with Gasteiger partial charge in [-0.05, 0) is 31.0 Å². The van der Waals surface area contributed by atoms with Gasteiger partial charge in [-0.1, -0.05) is 23.2 Å². The molecule has 1 aliphatic rings. The second-order valence-corrected chi connectivity index (χ2v) is 5.60. The second-order valence-electron chi connectivity index (χ2n) is 4.79. The molecule has 1 amide bonds. The predicted molar refractivity (Wildman–Crippen MR) is 83.1 cm³/mol. The molecular weight excluding hydrogens is 311 g/mol. The number of carbonyl (C=O) groups excluding carboxylic acids is 1. The van der Waals surface area contributed by atoms with Crippen LogP contribution in [0.1, 0.15) is 23.3 Å². The predicted octanol–water partition coefficient (Wildman–Crippen LogP) is 3.61. The number of hydrogen-bond acceptors (Lipinski definition) is 4. The van der Waals surface area contributed by atoms with E-state index in [0.717, 1.165) is 12.8 Å². The van der Waals surface area contributed by atoms with E-state index in [1.807, 2.05) is 0 Å². The van der Waals surface area contributed by atoms with Gasteiger partial charge in [0, 0.05) is 11.7 Å². The van der Waals surface area contributed by atoms with Crippen LogP contribution in [-0.2, 0) is 0 Å². The second kappa shape index (κ2) is 5.87. The maximum absolute atomic E-state index is 12.0. The van der Waals surface area contributed by atoms with Gasteiger partial charge in [0.25, 0.3) is 5.91 Å². The monoisotopic (exact) mass is 322 g/mol. The molecule has 0 saturated heterocycles. The first-order valence-corrected chi connectivity index (χ1v) is 7.22. The molecule has 1 aromatic carbocycles. The summed E-state index contributed by atoms with van der Waals surface area (Å²) in [4.78, 5) is 20.3. The standard InChI is InChI=1S/C14H12Cl2N4O/c15-10-4-3-9(5-11(10)16)20-14(21)12-6-18-13(7-17-12)19-8-1-2-8/h3-8H,1-2H2,(H,18,19)(H,20,21). The molecule has 0 unspecified atom stereocenters. The van der Waals surface area contributed by atoms with Gasteiger partial charge in [0.15, 0.2) is 0 Å². The molecule has 0 atom stereocenters. The number of hydrogen-bond donors (Lipinski definition) is 2. The van der Waals surface area contributed by atoms with Crippen LogP contribution in [-0.4, -0.2) is 21.9 Å². The van der Waals surface area contributed by atoms with Crippen LogP contribution < -0.4 is 10.6 Å². The highest BCUT2D eigenvalue weighted by molar-refractivity contribution is 6.42. The van der Waals surface area contributed by atoms with Crippen molar-refractivity contribution < 1.29 is 4.79 Å². The van der Waals surface area contributed by atoms with Crippen molar-refractivity contribution in [3.05, 3.63) is 46.3 Å². The first kappa shape index (κ1) is 14.1. The van der Waals surface area contributed by atoms with Crippen LogP contribution in [0.3, 0.4) is 0 Å². The summed E-state index contributed by atoms with van der Waals surface area (Å²) in [5, 5.41) is 6.72. The lowest BCUT2D eigenvalue weighted by Crippen LogP contribution is -2.14. The lowest BCUT2D eigenvalue weighted by atomic mass is 10.3. The SMILES string of the molecule is O=C(Nc1ccc(Cl)c(Cl)c1)c1cnc(NC2CC2)cn1. The minimum absolute atomic E-state index is 0.238. The third kappa shape index (κ3) is 3.62. The number of anilines is 2. The Bertz CT molecular complexity index is 671. The van der Waals surface area contributed by atoms with Crippen LogP contribution in [0.5, 0.6) is 0 Å². The fraction of sp³-hybridized carbons (Fsp3) is 0.214. The van der Waals surface area contributed by atoms with Crippen molar-refractivity contribution in [2.24, 2.45) is 0 Å². The van der Waals surface area contributed by atoms with Gasteiger partial charge in [-0.3, -0.25) is 4.79 Å². The molecule has 21 heavy (non-hydrogen) atoms. The number of halogens is 2. The summed E-state index contributed by atoms with van der Waals surface area (Å²) in [6.07, 6.45) is 5.31. The van der Waals surface area contributed by atoms with Gasteiger partial charge >= 0.3 is 0 Å². The van der Waals surface area contributed by atoms with Gasteiger partial charge in [0.2, 0.25) is 0 Å². The Morgan fingerprint density at radius 3 is 2.57 bits per heavy atom. The Morgan fingerprint density at radius 1 is 1.14 bits per heavy atom. The zero-order chi connectivity index (χ0) is 14.8. The fourth-order valence-corrected chi connectivity index (χ4v) is 2.02. The molecule has 0 spiro atoms. The molecule has 3 rings (SSSR count). The molecule has 7 heteroatoms. The van der Waals surface area contributed by atoms with Crippen LogP contribution >= 0.6 is 23.2 Å². The van der Waals surface area contributed by atoms with Crippen LogP contribution in [0.15, 0.2) is 30.6 Å². The third-order valence-corrected chi connectivity index (χ3v) is 3.73. The molecule has 0 bridgehead atoms. The highest BCUT2D eigenvalue weighted by Crippen LogP contribution is 2.25. The van der Waals surface area contributed by atoms with E-state index in [-0.39, 0.29) is 11.6 Å². The zero-order valence-corrected chi connectivity index (χ0v) is 12.4. The van der Waals surface area contributed by atoms with Crippen molar-refractivity contribution in [1.29, 1.82) is 0 Å². The fourth-order valence-electron chi connectivity index (χ4n) is 1.73. The quantitative estimate of drug-likeness (QED) is 0.902. The van der Waals surface area contributed by atoms with Crippen molar-refractivity contribution in [3.63, 3.8) is 0 Å². The molecule has 1 heterocycles. The smallest absolute Gasteiger partial charge is 0.275 e.